The Labute approximate surface area is 236 Å². The second-order valence-electron chi connectivity index (χ2n) is 8.84. The van der Waals surface area contributed by atoms with Crippen LogP contribution in [0.5, 0.6) is 5.75 Å². The standard InChI is InChI=1S/C25H33N6O9P/c1-4-35-20(32)11-10-17-8-6-7-9-18(17)40-41(34,30-16(3)25(33)36-5-2)38-13-21-37-12-19(39-21)31-15-29-22-23(26)27-14-28-24(22)31/h6-9,14-16,19,21H,4-5,10-13H2,1-3H3,(H,30,34)(H2,26,27,28)/t16-,19+,21+,41?/m0/s1. The topological polar surface area (TPSA) is 188 Å². The number of imidazole rings is 1. The molecule has 1 unspecified atom stereocenters. The molecule has 0 aliphatic carbocycles. The molecule has 0 spiro atoms. The van der Waals surface area contributed by atoms with Gasteiger partial charge >= 0.3 is 19.7 Å². The molecule has 4 rings (SSSR count). The van der Waals surface area contributed by atoms with Crippen LogP contribution < -0.4 is 15.3 Å². The number of para-hydroxylation sites is 1. The van der Waals surface area contributed by atoms with Gasteiger partial charge in [-0.25, -0.2) is 19.5 Å². The van der Waals surface area contributed by atoms with Gasteiger partial charge in [-0.1, -0.05) is 18.2 Å². The van der Waals surface area contributed by atoms with Gasteiger partial charge in [-0.2, -0.15) is 5.09 Å². The fourth-order valence-electron chi connectivity index (χ4n) is 3.96. The zero-order valence-corrected chi connectivity index (χ0v) is 23.8. The Balaban J connectivity index is 1.47. The average Bonchev–Trinajstić information content (AvgIpc) is 3.60. The maximum Gasteiger partial charge on any atom is 0.459 e. The number of anilines is 1. The Morgan fingerprint density at radius 3 is 2.76 bits per heavy atom. The molecule has 41 heavy (non-hydrogen) atoms. The highest BCUT2D eigenvalue weighted by Crippen LogP contribution is 2.46. The molecule has 16 heteroatoms. The first-order valence-electron chi connectivity index (χ1n) is 13.0. The quantitative estimate of drug-likeness (QED) is 0.205. The fraction of sp³-hybridized carbons (Fsp3) is 0.480. The van der Waals surface area contributed by atoms with Gasteiger partial charge in [0, 0.05) is 6.42 Å². The van der Waals surface area contributed by atoms with Crippen molar-refractivity contribution in [3.63, 3.8) is 0 Å². The molecule has 3 aromatic rings. The van der Waals surface area contributed by atoms with Crippen LogP contribution in [0.1, 0.15) is 39.0 Å². The van der Waals surface area contributed by atoms with Crippen LogP contribution in [0, 0.1) is 0 Å². The maximum atomic E-state index is 14.0. The van der Waals surface area contributed by atoms with Crippen molar-refractivity contribution in [3.05, 3.63) is 42.5 Å². The molecule has 1 aliphatic heterocycles. The van der Waals surface area contributed by atoms with Gasteiger partial charge in [-0.15, -0.1) is 0 Å². The first-order valence-corrected chi connectivity index (χ1v) is 14.6. The lowest BCUT2D eigenvalue weighted by atomic mass is 10.1. The number of rotatable bonds is 14. The van der Waals surface area contributed by atoms with Crippen LogP contribution in [0.15, 0.2) is 36.9 Å². The van der Waals surface area contributed by atoms with E-state index in [1.807, 2.05) is 0 Å². The molecule has 3 heterocycles. The summed E-state index contributed by atoms with van der Waals surface area (Å²) < 4.78 is 48.8. The number of nitrogens with one attached hydrogen (secondary N) is 1. The highest BCUT2D eigenvalue weighted by molar-refractivity contribution is 7.52. The summed E-state index contributed by atoms with van der Waals surface area (Å²) in [6.07, 6.45) is 1.64. The van der Waals surface area contributed by atoms with Crippen LogP contribution >= 0.6 is 7.75 Å². The first kappa shape index (κ1) is 30.3. The third-order valence-electron chi connectivity index (χ3n) is 5.90. The number of esters is 2. The van der Waals surface area contributed by atoms with Crippen LogP contribution in [0.4, 0.5) is 5.82 Å². The summed E-state index contributed by atoms with van der Waals surface area (Å²) in [6.45, 7) is 5.06. The van der Waals surface area contributed by atoms with Crippen molar-refractivity contribution in [1.29, 1.82) is 0 Å². The summed E-state index contributed by atoms with van der Waals surface area (Å²) in [5, 5.41) is 2.62. The minimum Gasteiger partial charge on any atom is -0.466 e. The van der Waals surface area contributed by atoms with Crippen LogP contribution in [0.3, 0.4) is 0 Å². The molecule has 1 saturated heterocycles. The molecular formula is C25H33N6O9P. The van der Waals surface area contributed by atoms with Gasteiger partial charge in [0.25, 0.3) is 0 Å². The van der Waals surface area contributed by atoms with E-state index >= 15 is 0 Å². The van der Waals surface area contributed by atoms with Crippen LogP contribution in [0.25, 0.3) is 11.2 Å². The predicted molar refractivity (Wildman–Crippen MR) is 144 cm³/mol. The number of carbonyl (C=O) groups is 2. The van der Waals surface area contributed by atoms with Gasteiger partial charge in [-0.05, 0) is 38.8 Å². The molecule has 15 nitrogen and oxygen atoms in total. The molecule has 3 N–H and O–H groups in total. The van der Waals surface area contributed by atoms with Crippen molar-refractivity contribution >= 4 is 36.7 Å². The Kier molecular flexibility index (Phi) is 10.2. The van der Waals surface area contributed by atoms with Gasteiger partial charge in [0.2, 0.25) is 0 Å². The average molecular weight is 593 g/mol. The summed E-state index contributed by atoms with van der Waals surface area (Å²) in [5.41, 5.74) is 7.35. The first-order chi connectivity index (χ1) is 19.7. The van der Waals surface area contributed by atoms with Gasteiger partial charge in [0.1, 0.15) is 30.2 Å². The predicted octanol–water partition coefficient (Wildman–Crippen LogP) is 2.52. The van der Waals surface area contributed by atoms with Crippen molar-refractivity contribution in [2.45, 2.75) is 52.2 Å². The Hall–Kier alpha value is -3.62. The van der Waals surface area contributed by atoms with E-state index in [4.69, 9.17) is 33.7 Å². The number of fused-ring (bicyclic) bond motifs is 1. The lowest BCUT2D eigenvalue weighted by Gasteiger charge is -2.24. The van der Waals surface area contributed by atoms with E-state index in [0.29, 0.717) is 16.7 Å². The Morgan fingerprint density at radius 1 is 1.20 bits per heavy atom. The summed E-state index contributed by atoms with van der Waals surface area (Å²) in [7, 11) is -4.22. The lowest BCUT2D eigenvalue weighted by Crippen LogP contribution is -2.35. The van der Waals surface area contributed by atoms with Crippen LogP contribution in [-0.4, -0.2) is 70.2 Å². The van der Waals surface area contributed by atoms with E-state index in [1.165, 1.54) is 19.6 Å². The van der Waals surface area contributed by atoms with E-state index < -0.39 is 32.3 Å². The number of benzene rings is 1. The normalized spacial score (nSPS) is 19.0. The third-order valence-corrected chi connectivity index (χ3v) is 7.53. The molecule has 0 radical (unpaired) electrons. The maximum absolute atomic E-state index is 14.0. The molecule has 1 fully saturated rings. The van der Waals surface area contributed by atoms with E-state index in [9.17, 15) is 14.2 Å². The van der Waals surface area contributed by atoms with Crippen molar-refractivity contribution in [1.82, 2.24) is 24.6 Å². The number of hydrogen-bond donors (Lipinski definition) is 2. The van der Waals surface area contributed by atoms with Gasteiger partial charge in [-0.3, -0.25) is 18.7 Å². The fourth-order valence-corrected chi connectivity index (χ4v) is 5.48. The number of hydrogen-bond acceptors (Lipinski definition) is 13. The molecule has 0 amide bonds. The second kappa shape index (κ2) is 13.8. The molecule has 4 atom stereocenters. The summed E-state index contributed by atoms with van der Waals surface area (Å²) >= 11 is 0. The highest BCUT2D eigenvalue weighted by Gasteiger charge is 2.36. The zero-order chi connectivity index (χ0) is 29.4. The minimum absolute atomic E-state index is 0.0939. The SMILES string of the molecule is CCOC(=O)CCc1ccccc1OP(=O)(N[C@@H](C)C(=O)OCC)OC[C@@H]1OC[C@H](n2cnc3c(N)ncnc32)O1. The second-order valence-corrected chi connectivity index (χ2v) is 10.5. The molecular weight excluding hydrogens is 559 g/mol. The smallest absolute Gasteiger partial charge is 0.459 e. The monoisotopic (exact) mass is 592 g/mol. The molecule has 2 aromatic heterocycles. The molecule has 222 valence electrons. The lowest BCUT2D eigenvalue weighted by molar-refractivity contribution is -0.145. The van der Waals surface area contributed by atoms with Crippen LogP contribution in [-0.2, 0) is 44.0 Å². The number of aryl methyl sites for hydroxylation is 1. The van der Waals surface area contributed by atoms with E-state index in [1.54, 1.807) is 42.7 Å². The van der Waals surface area contributed by atoms with E-state index in [2.05, 4.69) is 20.0 Å². The molecule has 1 aliphatic rings. The van der Waals surface area contributed by atoms with Crippen molar-refractivity contribution in [3.8, 4) is 5.75 Å². The number of nitrogens with zero attached hydrogens (tertiary/aromatic N) is 4. The zero-order valence-electron chi connectivity index (χ0n) is 22.9. The minimum atomic E-state index is -4.22. The number of nitrogen functional groups attached to an aromatic ring is 1. The number of carbonyl (C=O) groups excluding carboxylic acids is 2. The Bertz CT molecular complexity index is 1400. The van der Waals surface area contributed by atoms with Gasteiger partial charge in [0.05, 0.1) is 26.1 Å². The summed E-state index contributed by atoms with van der Waals surface area (Å²) in [5.74, 6) is -0.579. The summed E-state index contributed by atoms with van der Waals surface area (Å²) in [6, 6.07) is 5.72. The van der Waals surface area contributed by atoms with E-state index in [-0.39, 0.29) is 56.8 Å². The van der Waals surface area contributed by atoms with Crippen molar-refractivity contribution in [2.24, 2.45) is 0 Å². The van der Waals surface area contributed by atoms with E-state index in [0.717, 1.165) is 0 Å². The third kappa shape index (κ3) is 7.77. The highest BCUT2D eigenvalue weighted by atomic mass is 31.2. The van der Waals surface area contributed by atoms with Gasteiger partial charge < -0.3 is 29.2 Å². The molecule has 0 saturated carbocycles. The molecule has 1 aromatic carbocycles. The van der Waals surface area contributed by atoms with Crippen molar-refractivity contribution in [2.75, 3.05) is 32.2 Å². The largest absolute Gasteiger partial charge is 0.466 e. The van der Waals surface area contributed by atoms with Gasteiger partial charge in [0.15, 0.2) is 24.0 Å². The number of ether oxygens (including phenoxy) is 4. The molecule has 0 bridgehead atoms. The van der Waals surface area contributed by atoms with Crippen molar-refractivity contribution < 1.29 is 42.1 Å². The number of nitrogens with two attached hydrogens (primary N) is 1. The number of aromatic nitrogens is 4. The Morgan fingerprint density at radius 2 is 1.98 bits per heavy atom. The summed E-state index contributed by atoms with van der Waals surface area (Å²) in [4.78, 5) is 36.6. The van der Waals surface area contributed by atoms with Crippen LogP contribution in [0.2, 0.25) is 0 Å².